The van der Waals surface area contributed by atoms with Crippen LogP contribution >= 0.6 is 0 Å². The van der Waals surface area contributed by atoms with Gasteiger partial charge in [0, 0.05) is 18.4 Å². The largest absolute Gasteiger partial charge is 0.493 e. The van der Waals surface area contributed by atoms with E-state index in [0.717, 1.165) is 36.8 Å². The molecule has 0 radical (unpaired) electrons. The van der Waals surface area contributed by atoms with Gasteiger partial charge in [-0.25, -0.2) is 4.79 Å². The second-order valence-electron chi connectivity index (χ2n) is 12.2. The van der Waals surface area contributed by atoms with Crippen molar-refractivity contribution >= 4 is 11.9 Å². The minimum absolute atomic E-state index is 0.263. The summed E-state index contributed by atoms with van der Waals surface area (Å²) in [6, 6.07) is 0. The fourth-order valence-corrected chi connectivity index (χ4v) is 9.77. The van der Waals surface area contributed by atoms with Gasteiger partial charge in [0.1, 0.15) is 18.3 Å². The molecule has 35 heavy (non-hydrogen) atoms. The summed E-state index contributed by atoms with van der Waals surface area (Å²) in [5.41, 5.74) is -1.72. The first-order chi connectivity index (χ1) is 16.6. The number of aliphatic hydroxyl groups is 2. The molecule has 4 aliphatic carbocycles. The number of carbonyl (C=O) groups excluding carboxylic acids is 2. The molecule has 3 saturated carbocycles. The Labute approximate surface area is 206 Å². The van der Waals surface area contributed by atoms with E-state index >= 15 is 0 Å². The predicted molar refractivity (Wildman–Crippen MR) is 126 cm³/mol. The van der Waals surface area contributed by atoms with Gasteiger partial charge in [-0.3, -0.25) is 4.79 Å². The van der Waals surface area contributed by atoms with Crippen molar-refractivity contribution in [1.29, 1.82) is 0 Å². The van der Waals surface area contributed by atoms with E-state index in [9.17, 15) is 19.8 Å². The Morgan fingerprint density at radius 1 is 1.26 bits per heavy atom. The molecule has 2 heterocycles. The van der Waals surface area contributed by atoms with Crippen molar-refractivity contribution in [3.8, 4) is 0 Å². The second-order valence-corrected chi connectivity index (χ2v) is 12.2. The average molecular weight is 485 g/mol. The third kappa shape index (κ3) is 2.49. The Bertz CT molecular complexity index is 1080. The van der Waals surface area contributed by atoms with Gasteiger partial charge in [0.05, 0.1) is 29.3 Å². The molecule has 0 aromatic heterocycles. The molecule has 0 aromatic rings. The van der Waals surface area contributed by atoms with Crippen molar-refractivity contribution in [3.05, 3.63) is 35.6 Å². The monoisotopic (exact) mass is 484 g/mol. The highest BCUT2D eigenvalue weighted by molar-refractivity contribution is 5.85. The van der Waals surface area contributed by atoms with E-state index in [2.05, 4.69) is 13.8 Å². The number of esters is 2. The SMILES string of the molecule is CC(=O)OC1CC2(C)C=CC(O)C34C(O)CCC5(C)CCCC(=COC23CCC2=CC(=O)OC2)C154. The fourth-order valence-electron chi connectivity index (χ4n) is 9.77. The third-order valence-corrected chi connectivity index (χ3v) is 10.8. The van der Waals surface area contributed by atoms with Crippen molar-refractivity contribution in [2.24, 2.45) is 21.7 Å². The van der Waals surface area contributed by atoms with Crippen LogP contribution in [0.1, 0.15) is 72.1 Å². The van der Waals surface area contributed by atoms with Crippen molar-refractivity contribution in [3.63, 3.8) is 0 Å². The summed E-state index contributed by atoms with van der Waals surface area (Å²) in [6.07, 6.45) is 10.7. The number of cyclic esters (lactones) is 1. The lowest BCUT2D eigenvalue weighted by atomic mass is 9.26. The summed E-state index contributed by atoms with van der Waals surface area (Å²) in [5, 5.41) is 24.1. The fraction of sp³-hybridized carbons (Fsp3) is 0.714. The summed E-state index contributed by atoms with van der Waals surface area (Å²) >= 11 is 0. The topological polar surface area (TPSA) is 102 Å². The van der Waals surface area contributed by atoms with Gasteiger partial charge < -0.3 is 24.4 Å². The lowest BCUT2D eigenvalue weighted by Crippen LogP contribution is -2.86. The van der Waals surface area contributed by atoms with Gasteiger partial charge in [0.2, 0.25) is 0 Å². The molecule has 0 amide bonds. The highest BCUT2D eigenvalue weighted by Gasteiger charge is 2.87. The Balaban J connectivity index is 1.63. The van der Waals surface area contributed by atoms with Crippen LogP contribution in [-0.4, -0.2) is 52.7 Å². The smallest absolute Gasteiger partial charge is 0.331 e. The first kappa shape index (κ1) is 23.3. The Morgan fingerprint density at radius 3 is 2.77 bits per heavy atom. The number of aliphatic hydroxyl groups excluding tert-OH is 2. The van der Waals surface area contributed by atoms with Crippen LogP contribution in [0, 0.1) is 21.7 Å². The van der Waals surface area contributed by atoms with Crippen molar-refractivity contribution in [1.82, 2.24) is 0 Å². The van der Waals surface area contributed by atoms with E-state index in [1.807, 2.05) is 18.4 Å². The van der Waals surface area contributed by atoms with E-state index in [-0.39, 0.29) is 24.0 Å². The van der Waals surface area contributed by atoms with Gasteiger partial charge in [-0.15, -0.1) is 0 Å². The van der Waals surface area contributed by atoms with Crippen LogP contribution in [0.15, 0.2) is 35.6 Å². The van der Waals surface area contributed by atoms with Crippen molar-refractivity contribution < 1.29 is 34.0 Å². The van der Waals surface area contributed by atoms with Crippen LogP contribution in [0.5, 0.6) is 0 Å². The molecule has 8 atom stereocenters. The summed E-state index contributed by atoms with van der Waals surface area (Å²) in [7, 11) is 0. The summed E-state index contributed by atoms with van der Waals surface area (Å²) in [4.78, 5) is 24.2. The third-order valence-electron chi connectivity index (χ3n) is 10.8. The zero-order valence-electron chi connectivity index (χ0n) is 20.8. The maximum atomic E-state index is 12.5. The van der Waals surface area contributed by atoms with Crippen LogP contribution < -0.4 is 0 Å². The molecule has 2 spiro atoms. The van der Waals surface area contributed by atoms with Crippen LogP contribution in [0.4, 0.5) is 0 Å². The Kier molecular flexibility index (Phi) is 4.81. The van der Waals surface area contributed by atoms with E-state index in [1.54, 1.807) is 6.08 Å². The number of hydrogen-bond donors (Lipinski definition) is 2. The van der Waals surface area contributed by atoms with Gasteiger partial charge in [0.25, 0.3) is 0 Å². The lowest BCUT2D eigenvalue weighted by Gasteiger charge is -2.81. The number of hydrogen-bond acceptors (Lipinski definition) is 7. The van der Waals surface area contributed by atoms with Gasteiger partial charge in [-0.1, -0.05) is 26.0 Å². The zero-order valence-corrected chi connectivity index (χ0v) is 20.8. The van der Waals surface area contributed by atoms with Crippen molar-refractivity contribution in [2.45, 2.75) is 96.1 Å². The zero-order chi connectivity index (χ0) is 24.9. The standard InChI is InChI=1S/C28H36O7/c1-17(29)35-22-14-25(3)11-8-21(31)28-20(30)7-10-24(2)9-4-5-19(27(22,24)28)16-34-26(25,28)12-6-18-13-23(32)33-15-18/h8,11,13,16,20-22,30-31H,4-7,9-10,12,14-15H2,1-3H3. The Morgan fingerprint density at radius 2 is 2.06 bits per heavy atom. The average Bonchev–Trinajstić information content (AvgIpc) is 3.22. The minimum Gasteiger partial charge on any atom is -0.493 e. The van der Waals surface area contributed by atoms with Crippen LogP contribution in [0.3, 0.4) is 0 Å². The van der Waals surface area contributed by atoms with Crippen molar-refractivity contribution in [2.75, 3.05) is 6.61 Å². The minimum atomic E-state index is -1.09. The normalized spacial score (nSPS) is 49.3. The van der Waals surface area contributed by atoms with Gasteiger partial charge in [-0.2, -0.15) is 0 Å². The predicted octanol–water partition coefficient (Wildman–Crippen LogP) is 3.49. The molecular formula is C28H36O7. The number of ether oxygens (including phenoxy) is 3. The highest BCUT2D eigenvalue weighted by Crippen LogP contribution is 2.82. The Hall–Kier alpha value is -2.12. The molecule has 6 rings (SSSR count). The van der Waals surface area contributed by atoms with E-state index in [0.29, 0.717) is 25.7 Å². The quantitative estimate of drug-likeness (QED) is 0.465. The van der Waals surface area contributed by atoms with E-state index in [4.69, 9.17) is 14.2 Å². The molecule has 0 aromatic carbocycles. The van der Waals surface area contributed by atoms with Gasteiger partial charge in [0.15, 0.2) is 0 Å². The van der Waals surface area contributed by atoms with Crippen LogP contribution in [-0.2, 0) is 23.8 Å². The van der Waals surface area contributed by atoms with E-state index in [1.165, 1.54) is 6.92 Å². The maximum absolute atomic E-state index is 12.5. The lowest BCUT2D eigenvalue weighted by molar-refractivity contribution is -0.379. The summed E-state index contributed by atoms with van der Waals surface area (Å²) in [5.74, 6) is -0.672. The molecule has 2 aliphatic heterocycles. The molecule has 7 nitrogen and oxygen atoms in total. The maximum Gasteiger partial charge on any atom is 0.331 e. The van der Waals surface area contributed by atoms with Gasteiger partial charge in [-0.05, 0) is 67.9 Å². The summed E-state index contributed by atoms with van der Waals surface area (Å²) < 4.78 is 18.2. The molecule has 0 saturated heterocycles. The molecule has 6 aliphatic rings. The molecule has 8 unspecified atom stereocenters. The number of rotatable bonds is 4. The number of carbonyl (C=O) groups is 2. The highest BCUT2D eigenvalue weighted by atomic mass is 16.5. The first-order valence-electron chi connectivity index (χ1n) is 13.0. The molecule has 190 valence electrons. The molecule has 3 fully saturated rings. The van der Waals surface area contributed by atoms with Crippen LogP contribution in [0.2, 0.25) is 0 Å². The molecular weight excluding hydrogens is 448 g/mol. The molecule has 4 bridgehead atoms. The summed E-state index contributed by atoms with van der Waals surface area (Å²) in [6.45, 7) is 6.08. The molecule has 7 heteroatoms. The van der Waals surface area contributed by atoms with E-state index < -0.39 is 40.2 Å². The second kappa shape index (κ2) is 7.22. The first-order valence-corrected chi connectivity index (χ1v) is 13.0. The molecule has 2 N–H and O–H groups in total. The van der Waals surface area contributed by atoms with Crippen LogP contribution in [0.25, 0.3) is 0 Å². The van der Waals surface area contributed by atoms with Gasteiger partial charge >= 0.3 is 11.9 Å².